The molecule has 3 N–H and O–H groups in total. The van der Waals surface area contributed by atoms with Gasteiger partial charge in [0.2, 0.25) is 5.91 Å². The zero-order chi connectivity index (χ0) is 14.1. The first-order chi connectivity index (χ1) is 9.63. The molecule has 5 heteroatoms. The molecule has 0 aliphatic heterocycles. The number of aryl methyl sites for hydroxylation is 1. The number of rotatable bonds is 3. The van der Waals surface area contributed by atoms with Crippen molar-refractivity contribution in [2.75, 3.05) is 11.1 Å². The largest absolute Gasteiger partial charge is 0.399 e. The number of amides is 1. The second-order valence-electron chi connectivity index (χ2n) is 5.12. The lowest BCUT2D eigenvalue weighted by Gasteiger charge is -2.05. The molecule has 1 unspecified atom stereocenters. The summed E-state index contributed by atoms with van der Waals surface area (Å²) in [5.74, 6) is 0.859. The Balaban J connectivity index is 1.66. The number of nitrogens with two attached hydrogens (primary N) is 1. The van der Waals surface area contributed by atoms with Gasteiger partial charge in [-0.15, -0.1) is 0 Å². The second-order valence-corrected chi connectivity index (χ2v) is 5.12. The highest BCUT2D eigenvalue weighted by atomic mass is 16.2. The summed E-state index contributed by atoms with van der Waals surface area (Å²) in [6.45, 7) is 1.93. The summed E-state index contributed by atoms with van der Waals surface area (Å²) in [5, 5.41) is 2.88. The van der Waals surface area contributed by atoms with Gasteiger partial charge in [0.25, 0.3) is 0 Å². The predicted octanol–water partition coefficient (Wildman–Crippen LogP) is 2.11. The van der Waals surface area contributed by atoms with Crippen LogP contribution < -0.4 is 11.1 Å². The summed E-state index contributed by atoms with van der Waals surface area (Å²) in [4.78, 5) is 20.8. The van der Waals surface area contributed by atoms with Crippen LogP contribution in [0.5, 0.6) is 0 Å². The van der Waals surface area contributed by atoms with Gasteiger partial charge in [-0.3, -0.25) is 4.79 Å². The van der Waals surface area contributed by atoms with E-state index in [1.807, 2.05) is 25.1 Å². The van der Waals surface area contributed by atoms with E-state index in [1.165, 1.54) is 0 Å². The standard InChI is InChI=1S/C15H16N4O/c1-9-5-6-17-14(18-9)12-8-13(12)15(20)19-11-4-2-3-10(16)7-11/h2-7,12-13H,8,16H2,1H3,(H,19,20)/t12?,13-/m0/s1. The minimum atomic E-state index is -0.0433. The molecule has 102 valence electrons. The van der Waals surface area contributed by atoms with Crippen LogP contribution in [-0.4, -0.2) is 15.9 Å². The number of carbonyl (C=O) groups is 1. The van der Waals surface area contributed by atoms with Gasteiger partial charge in [-0.1, -0.05) is 6.07 Å². The van der Waals surface area contributed by atoms with Gasteiger partial charge in [-0.25, -0.2) is 9.97 Å². The van der Waals surface area contributed by atoms with Gasteiger partial charge in [0.05, 0.1) is 0 Å². The molecule has 0 spiro atoms. The van der Waals surface area contributed by atoms with E-state index < -0.39 is 0 Å². The van der Waals surface area contributed by atoms with Crippen molar-refractivity contribution in [1.29, 1.82) is 0 Å². The van der Waals surface area contributed by atoms with Gasteiger partial charge in [0.1, 0.15) is 5.82 Å². The Bertz CT molecular complexity index is 656. The molecule has 5 nitrogen and oxygen atoms in total. The van der Waals surface area contributed by atoms with Gasteiger partial charge in [0.15, 0.2) is 0 Å². The van der Waals surface area contributed by atoms with E-state index >= 15 is 0 Å². The number of carbonyl (C=O) groups excluding carboxylic acids is 1. The van der Waals surface area contributed by atoms with Crippen LogP contribution in [0.2, 0.25) is 0 Å². The van der Waals surface area contributed by atoms with E-state index in [2.05, 4.69) is 15.3 Å². The Morgan fingerprint density at radius 3 is 3.00 bits per heavy atom. The fraction of sp³-hybridized carbons (Fsp3) is 0.267. The van der Waals surface area contributed by atoms with Crippen LogP contribution in [0.4, 0.5) is 11.4 Å². The maximum Gasteiger partial charge on any atom is 0.228 e. The Morgan fingerprint density at radius 2 is 2.25 bits per heavy atom. The lowest BCUT2D eigenvalue weighted by Crippen LogP contribution is -2.15. The van der Waals surface area contributed by atoms with Gasteiger partial charge < -0.3 is 11.1 Å². The summed E-state index contributed by atoms with van der Waals surface area (Å²) in [5.41, 5.74) is 7.98. The van der Waals surface area contributed by atoms with Crippen LogP contribution in [0.15, 0.2) is 36.5 Å². The molecule has 3 rings (SSSR count). The normalized spacial score (nSPS) is 20.4. The lowest BCUT2D eigenvalue weighted by molar-refractivity contribution is -0.117. The van der Waals surface area contributed by atoms with Gasteiger partial charge >= 0.3 is 0 Å². The number of anilines is 2. The van der Waals surface area contributed by atoms with Gasteiger partial charge in [-0.2, -0.15) is 0 Å². The third-order valence-corrected chi connectivity index (χ3v) is 3.43. The fourth-order valence-electron chi connectivity index (χ4n) is 2.27. The van der Waals surface area contributed by atoms with Crippen molar-refractivity contribution >= 4 is 17.3 Å². The SMILES string of the molecule is Cc1ccnc(C2C[C@@H]2C(=O)Nc2cccc(N)c2)n1. The average Bonchev–Trinajstić information content (AvgIpc) is 3.19. The number of nitrogen functional groups attached to an aromatic ring is 1. The number of aromatic nitrogens is 2. The Hall–Kier alpha value is -2.43. The molecule has 1 amide bonds. The highest BCUT2D eigenvalue weighted by Crippen LogP contribution is 2.46. The topological polar surface area (TPSA) is 80.9 Å². The first-order valence-corrected chi connectivity index (χ1v) is 6.59. The summed E-state index contributed by atoms with van der Waals surface area (Å²) in [6.07, 6.45) is 2.54. The van der Waals surface area contributed by atoms with Crippen LogP contribution in [0.3, 0.4) is 0 Å². The summed E-state index contributed by atoms with van der Waals surface area (Å²) >= 11 is 0. The zero-order valence-electron chi connectivity index (χ0n) is 11.2. The molecule has 1 aromatic heterocycles. The lowest BCUT2D eigenvalue weighted by atomic mass is 10.2. The van der Waals surface area contributed by atoms with Crippen LogP contribution in [-0.2, 0) is 4.79 Å². The van der Waals surface area contributed by atoms with E-state index in [-0.39, 0.29) is 17.7 Å². The van der Waals surface area contributed by atoms with Gasteiger partial charge in [0, 0.05) is 35.1 Å². The van der Waals surface area contributed by atoms with Crippen molar-refractivity contribution in [2.24, 2.45) is 5.92 Å². The molecule has 0 saturated heterocycles. The van der Waals surface area contributed by atoms with Crippen LogP contribution in [0, 0.1) is 12.8 Å². The molecule has 2 atom stereocenters. The monoisotopic (exact) mass is 268 g/mol. The number of nitrogens with zero attached hydrogens (tertiary/aromatic N) is 2. The van der Waals surface area contributed by atoms with Crippen molar-refractivity contribution in [3.05, 3.63) is 48.0 Å². The first-order valence-electron chi connectivity index (χ1n) is 6.59. The average molecular weight is 268 g/mol. The van der Waals surface area contributed by atoms with E-state index in [0.717, 1.165) is 23.6 Å². The molecule has 0 radical (unpaired) electrons. The first kappa shape index (κ1) is 12.6. The summed E-state index contributed by atoms with van der Waals surface area (Å²) < 4.78 is 0. The Morgan fingerprint density at radius 1 is 1.40 bits per heavy atom. The van der Waals surface area contributed by atoms with Crippen molar-refractivity contribution in [3.8, 4) is 0 Å². The molecule has 1 heterocycles. The summed E-state index contributed by atoms with van der Waals surface area (Å²) in [6, 6.07) is 9.04. The van der Waals surface area contributed by atoms with E-state index in [1.54, 1.807) is 18.3 Å². The molecule has 1 saturated carbocycles. The number of hydrogen-bond donors (Lipinski definition) is 2. The molecule has 1 fully saturated rings. The molecule has 2 aromatic rings. The highest BCUT2D eigenvalue weighted by molar-refractivity contribution is 5.95. The van der Waals surface area contributed by atoms with Crippen molar-refractivity contribution in [1.82, 2.24) is 9.97 Å². The number of hydrogen-bond acceptors (Lipinski definition) is 4. The Labute approximate surface area is 117 Å². The molecule has 20 heavy (non-hydrogen) atoms. The molecule has 0 bridgehead atoms. The third kappa shape index (κ3) is 2.61. The smallest absolute Gasteiger partial charge is 0.228 e. The molecular weight excluding hydrogens is 252 g/mol. The minimum absolute atomic E-state index is 0.00528. The highest BCUT2D eigenvalue weighted by Gasteiger charge is 2.46. The van der Waals surface area contributed by atoms with Gasteiger partial charge in [-0.05, 0) is 37.6 Å². The van der Waals surface area contributed by atoms with Crippen LogP contribution >= 0.6 is 0 Å². The molecule has 1 aliphatic rings. The van der Waals surface area contributed by atoms with Crippen molar-refractivity contribution in [3.63, 3.8) is 0 Å². The second kappa shape index (κ2) is 4.92. The Kier molecular flexibility index (Phi) is 3.10. The summed E-state index contributed by atoms with van der Waals surface area (Å²) in [7, 11) is 0. The fourth-order valence-corrected chi connectivity index (χ4v) is 2.27. The van der Waals surface area contributed by atoms with Crippen LogP contribution in [0.1, 0.15) is 23.9 Å². The van der Waals surface area contributed by atoms with Crippen LogP contribution in [0.25, 0.3) is 0 Å². The van der Waals surface area contributed by atoms with Crippen molar-refractivity contribution in [2.45, 2.75) is 19.3 Å². The maximum absolute atomic E-state index is 12.1. The van der Waals surface area contributed by atoms with E-state index in [0.29, 0.717) is 5.69 Å². The van der Waals surface area contributed by atoms with E-state index in [9.17, 15) is 4.79 Å². The third-order valence-electron chi connectivity index (χ3n) is 3.43. The quantitative estimate of drug-likeness (QED) is 0.835. The molecular formula is C15H16N4O. The minimum Gasteiger partial charge on any atom is -0.399 e. The predicted molar refractivity (Wildman–Crippen MR) is 77.1 cm³/mol. The van der Waals surface area contributed by atoms with E-state index in [4.69, 9.17) is 5.73 Å². The number of nitrogens with one attached hydrogen (secondary N) is 1. The zero-order valence-corrected chi connectivity index (χ0v) is 11.2. The molecule has 1 aromatic carbocycles. The maximum atomic E-state index is 12.1. The number of benzene rings is 1. The van der Waals surface area contributed by atoms with Crippen molar-refractivity contribution < 1.29 is 4.79 Å². The molecule has 1 aliphatic carbocycles.